The van der Waals surface area contributed by atoms with Crippen LogP contribution in [0.3, 0.4) is 0 Å². The van der Waals surface area contributed by atoms with Crippen molar-refractivity contribution in [3.63, 3.8) is 0 Å². The van der Waals surface area contributed by atoms with Gasteiger partial charge in [-0.1, -0.05) is 19.9 Å². The molecule has 2 rings (SSSR count). The van der Waals surface area contributed by atoms with E-state index >= 15 is 0 Å². The highest BCUT2D eigenvalue weighted by molar-refractivity contribution is 5.38. The van der Waals surface area contributed by atoms with Gasteiger partial charge in [0, 0.05) is 22.7 Å². The number of hydrogen-bond acceptors (Lipinski definition) is 3. The highest BCUT2D eigenvalue weighted by Crippen LogP contribution is 2.50. The van der Waals surface area contributed by atoms with Crippen LogP contribution in [0.5, 0.6) is 5.88 Å². The van der Waals surface area contributed by atoms with Crippen LogP contribution < -0.4 is 10.5 Å². The lowest BCUT2D eigenvalue weighted by Crippen LogP contribution is -2.43. The molecule has 3 heteroatoms. The molecule has 0 amide bonds. The van der Waals surface area contributed by atoms with E-state index in [1.54, 1.807) is 13.3 Å². The number of methoxy groups -OCH3 is 1. The fourth-order valence-corrected chi connectivity index (χ4v) is 2.06. The fraction of sp³-hybridized carbons (Fsp3) is 0.583. The van der Waals surface area contributed by atoms with E-state index in [0.717, 1.165) is 18.4 Å². The average Bonchev–Trinajstić information content (AvgIpc) is 2.98. The normalized spacial score (nSPS) is 18.7. The molecule has 0 bridgehead atoms. The molecular weight excluding hydrogens is 188 g/mol. The minimum atomic E-state index is -0.0800. The van der Waals surface area contributed by atoms with E-state index in [1.807, 2.05) is 6.07 Å². The highest BCUT2D eigenvalue weighted by Gasteiger charge is 2.53. The molecule has 1 fully saturated rings. The molecule has 1 aromatic heterocycles. The molecule has 0 unspecified atom stereocenters. The van der Waals surface area contributed by atoms with Gasteiger partial charge in [0.1, 0.15) is 0 Å². The molecule has 1 aliphatic carbocycles. The third-order valence-corrected chi connectivity index (χ3v) is 3.67. The molecule has 0 radical (unpaired) electrons. The first kappa shape index (κ1) is 10.4. The van der Waals surface area contributed by atoms with Crippen LogP contribution in [0, 0.1) is 0 Å². The molecule has 1 saturated carbocycles. The van der Waals surface area contributed by atoms with Crippen molar-refractivity contribution in [2.75, 3.05) is 7.11 Å². The van der Waals surface area contributed by atoms with Gasteiger partial charge >= 0.3 is 0 Å². The fourth-order valence-electron chi connectivity index (χ4n) is 2.06. The number of pyridine rings is 1. The van der Waals surface area contributed by atoms with Crippen LogP contribution in [0.4, 0.5) is 0 Å². The molecule has 3 nitrogen and oxygen atoms in total. The standard InChI is InChI=1S/C12H18N2O/c1-11(2,12(13)6-7-12)9-5-4-8-14-10(9)15-3/h4-5,8H,6-7,13H2,1-3H3. The topological polar surface area (TPSA) is 48.1 Å². The minimum absolute atomic E-state index is 0.0768. The maximum atomic E-state index is 6.30. The maximum Gasteiger partial charge on any atom is 0.216 e. The molecular formula is C12H18N2O. The first-order valence-corrected chi connectivity index (χ1v) is 5.30. The van der Waals surface area contributed by atoms with Gasteiger partial charge in [-0.15, -0.1) is 0 Å². The molecule has 82 valence electrons. The van der Waals surface area contributed by atoms with E-state index in [1.165, 1.54) is 0 Å². The lowest BCUT2D eigenvalue weighted by atomic mass is 9.76. The smallest absolute Gasteiger partial charge is 0.216 e. The molecule has 0 aromatic carbocycles. The molecule has 0 atom stereocenters. The van der Waals surface area contributed by atoms with Crippen molar-refractivity contribution in [3.05, 3.63) is 23.9 Å². The van der Waals surface area contributed by atoms with Crippen LogP contribution in [-0.2, 0) is 5.41 Å². The number of nitrogens with two attached hydrogens (primary N) is 1. The Morgan fingerprint density at radius 2 is 2.13 bits per heavy atom. The summed E-state index contributed by atoms with van der Waals surface area (Å²) in [4.78, 5) is 4.23. The van der Waals surface area contributed by atoms with Gasteiger partial charge in [0.25, 0.3) is 0 Å². The summed E-state index contributed by atoms with van der Waals surface area (Å²) in [5, 5.41) is 0. The zero-order valence-corrected chi connectivity index (χ0v) is 9.58. The van der Waals surface area contributed by atoms with Gasteiger partial charge in [-0.05, 0) is 18.9 Å². The van der Waals surface area contributed by atoms with Crippen molar-refractivity contribution < 1.29 is 4.74 Å². The van der Waals surface area contributed by atoms with Gasteiger partial charge in [0.05, 0.1) is 7.11 Å². The quantitative estimate of drug-likeness (QED) is 0.821. The summed E-state index contributed by atoms with van der Waals surface area (Å²) in [6.45, 7) is 4.33. The monoisotopic (exact) mass is 206 g/mol. The van der Waals surface area contributed by atoms with E-state index in [2.05, 4.69) is 24.9 Å². The van der Waals surface area contributed by atoms with E-state index in [-0.39, 0.29) is 11.0 Å². The molecule has 0 aliphatic heterocycles. The van der Waals surface area contributed by atoms with Crippen molar-refractivity contribution in [2.45, 2.75) is 37.6 Å². The Labute approximate surface area is 90.7 Å². The summed E-state index contributed by atoms with van der Waals surface area (Å²) < 4.78 is 5.29. The zero-order chi connectivity index (χ0) is 11.1. The third kappa shape index (κ3) is 1.51. The Morgan fingerprint density at radius 3 is 2.67 bits per heavy atom. The summed E-state index contributed by atoms with van der Waals surface area (Å²) in [5.74, 6) is 0.694. The van der Waals surface area contributed by atoms with Crippen molar-refractivity contribution in [1.29, 1.82) is 0 Å². The Bertz CT molecular complexity index is 370. The number of aromatic nitrogens is 1. The zero-order valence-electron chi connectivity index (χ0n) is 9.58. The van der Waals surface area contributed by atoms with Crippen molar-refractivity contribution in [1.82, 2.24) is 4.98 Å². The number of nitrogens with zero attached hydrogens (tertiary/aromatic N) is 1. The molecule has 0 saturated heterocycles. The molecule has 2 N–H and O–H groups in total. The first-order chi connectivity index (χ1) is 7.01. The van der Waals surface area contributed by atoms with E-state index in [4.69, 9.17) is 10.5 Å². The SMILES string of the molecule is COc1ncccc1C(C)(C)C1(N)CC1. The van der Waals surface area contributed by atoms with Crippen LogP contribution in [0.1, 0.15) is 32.3 Å². The number of rotatable bonds is 3. The lowest BCUT2D eigenvalue weighted by molar-refractivity contribution is 0.343. The number of ether oxygens (including phenoxy) is 1. The van der Waals surface area contributed by atoms with E-state index in [9.17, 15) is 0 Å². The summed E-state index contributed by atoms with van der Waals surface area (Å²) in [6.07, 6.45) is 3.91. The Hall–Kier alpha value is -1.09. The molecule has 0 spiro atoms. The predicted molar refractivity (Wildman–Crippen MR) is 60.0 cm³/mol. The van der Waals surface area contributed by atoms with Gasteiger partial charge in [0.2, 0.25) is 5.88 Å². The van der Waals surface area contributed by atoms with E-state index in [0.29, 0.717) is 5.88 Å². The summed E-state index contributed by atoms with van der Waals surface area (Å²) in [7, 11) is 1.65. The minimum Gasteiger partial charge on any atom is -0.481 e. The largest absolute Gasteiger partial charge is 0.481 e. The summed E-state index contributed by atoms with van der Waals surface area (Å²) >= 11 is 0. The van der Waals surface area contributed by atoms with Gasteiger partial charge in [0.15, 0.2) is 0 Å². The molecule has 1 aliphatic rings. The summed E-state index contributed by atoms with van der Waals surface area (Å²) in [6, 6.07) is 3.99. The number of hydrogen-bond donors (Lipinski definition) is 1. The Kier molecular flexibility index (Phi) is 2.23. The van der Waals surface area contributed by atoms with Gasteiger partial charge in [-0.25, -0.2) is 4.98 Å². The van der Waals surface area contributed by atoms with Crippen LogP contribution in [-0.4, -0.2) is 17.6 Å². The molecule has 1 aromatic rings. The van der Waals surface area contributed by atoms with Gasteiger partial charge in [-0.2, -0.15) is 0 Å². The van der Waals surface area contributed by atoms with Crippen LogP contribution >= 0.6 is 0 Å². The summed E-state index contributed by atoms with van der Waals surface area (Å²) in [5.41, 5.74) is 7.24. The Morgan fingerprint density at radius 1 is 1.47 bits per heavy atom. The third-order valence-electron chi connectivity index (χ3n) is 3.67. The van der Waals surface area contributed by atoms with Crippen molar-refractivity contribution in [3.8, 4) is 5.88 Å². The second kappa shape index (κ2) is 3.20. The van der Waals surface area contributed by atoms with Crippen LogP contribution in [0.25, 0.3) is 0 Å². The predicted octanol–water partition coefficient (Wildman–Crippen LogP) is 1.86. The van der Waals surface area contributed by atoms with Crippen molar-refractivity contribution in [2.24, 2.45) is 5.73 Å². The van der Waals surface area contributed by atoms with E-state index < -0.39 is 0 Å². The van der Waals surface area contributed by atoms with Crippen LogP contribution in [0.15, 0.2) is 18.3 Å². The first-order valence-electron chi connectivity index (χ1n) is 5.30. The maximum absolute atomic E-state index is 6.30. The second-order valence-electron chi connectivity index (χ2n) is 4.84. The molecule has 15 heavy (non-hydrogen) atoms. The Balaban J connectivity index is 2.44. The van der Waals surface area contributed by atoms with Gasteiger partial charge in [-0.3, -0.25) is 0 Å². The highest BCUT2D eigenvalue weighted by atomic mass is 16.5. The van der Waals surface area contributed by atoms with Crippen molar-refractivity contribution >= 4 is 0 Å². The molecule has 1 heterocycles. The van der Waals surface area contributed by atoms with Gasteiger partial charge < -0.3 is 10.5 Å². The lowest BCUT2D eigenvalue weighted by Gasteiger charge is -2.33. The second-order valence-corrected chi connectivity index (χ2v) is 4.84. The van der Waals surface area contributed by atoms with Crippen LogP contribution in [0.2, 0.25) is 0 Å². The average molecular weight is 206 g/mol.